The predicted molar refractivity (Wildman–Crippen MR) is 133 cm³/mol. The first-order valence-corrected chi connectivity index (χ1v) is 12.2. The number of aryl methyl sites for hydroxylation is 1. The zero-order valence-electron chi connectivity index (χ0n) is 20.1. The number of alkyl halides is 3. The average Bonchev–Trinajstić information content (AvgIpc) is 2.86. The highest BCUT2D eigenvalue weighted by molar-refractivity contribution is 5.97. The molecule has 0 radical (unpaired) electrons. The second-order valence-electron chi connectivity index (χ2n) is 9.23. The molecule has 0 saturated carbocycles. The van der Waals surface area contributed by atoms with Crippen LogP contribution in [0, 0.1) is 0 Å². The number of likely N-dealkylation sites (tertiary alicyclic amines) is 1. The topological polar surface area (TPSA) is 113 Å². The minimum Gasteiger partial charge on any atom is -0.343 e. The second kappa shape index (κ2) is 12.8. The molecule has 2 aromatic rings. The lowest BCUT2D eigenvalue weighted by molar-refractivity contribution is -0.137. The highest BCUT2D eigenvalue weighted by Crippen LogP contribution is 2.30. The van der Waals surface area contributed by atoms with Crippen molar-refractivity contribution in [3.05, 3.63) is 65.7 Å². The van der Waals surface area contributed by atoms with Crippen molar-refractivity contribution < 1.29 is 22.8 Å². The number of nitrogens with zero attached hydrogens (tertiary/aromatic N) is 1. The molecule has 10 heteroatoms. The molecule has 2 aromatic carbocycles. The summed E-state index contributed by atoms with van der Waals surface area (Å²) in [6, 6.07) is 12.2. The summed E-state index contributed by atoms with van der Waals surface area (Å²) in [6.07, 6.45) is -1.56. The van der Waals surface area contributed by atoms with Crippen molar-refractivity contribution in [2.45, 2.75) is 56.4 Å². The zero-order valence-corrected chi connectivity index (χ0v) is 20.1. The number of anilines is 1. The van der Waals surface area contributed by atoms with Gasteiger partial charge in [-0.05, 0) is 69.0 Å². The van der Waals surface area contributed by atoms with Crippen LogP contribution in [0.2, 0.25) is 0 Å². The van der Waals surface area contributed by atoms with Crippen LogP contribution in [0.4, 0.5) is 18.9 Å². The van der Waals surface area contributed by atoms with Gasteiger partial charge >= 0.3 is 6.18 Å². The summed E-state index contributed by atoms with van der Waals surface area (Å²) in [5.74, 6) is -1.07. The maximum absolute atomic E-state index is 13.1. The van der Waals surface area contributed by atoms with Gasteiger partial charge in [-0.25, -0.2) is 0 Å². The molecule has 0 spiro atoms. The fourth-order valence-corrected chi connectivity index (χ4v) is 4.14. The molecule has 1 fully saturated rings. The third-order valence-electron chi connectivity index (χ3n) is 6.38. The van der Waals surface area contributed by atoms with Crippen LogP contribution < -0.4 is 22.1 Å². The Morgan fingerprint density at radius 3 is 2.36 bits per heavy atom. The monoisotopic (exact) mass is 505 g/mol. The predicted octanol–water partition coefficient (Wildman–Crippen LogP) is 2.90. The van der Waals surface area contributed by atoms with Crippen molar-refractivity contribution in [2.24, 2.45) is 11.5 Å². The molecular weight excluding hydrogens is 471 g/mol. The number of piperidine rings is 1. The van der Waals surface area contributed by atoms with E-state index in [1.165, 1.54) is 12.1 Å². The van der Waals surface area contributed by atoms with E-state index in [-0.39, 0.29) is 18.2 Å². The summed E-state index contributed by atoms with van der Waals surface area (Å²) in [7, 11) is 0. The highest BCUT2D eigenvalue weighted by Gasteiger charge is 2.31. The standard InChI is InChI=1S/C26H34F3N5O2/c27-26(28,29)19-7-4-8-21(17-19)32-25(36)23(10-9-18-5-2-1-3-6-18)33-24(35)22(31)13-16-34-14-11-20(30)12-15-34/h1-8,17,20,22-23H,9-16,30-31H2,(H,32,36)(H,33,35). The van der Waals surface area contributed by atoms with Gasteiger partial charge in [0.25, 0.3) is 0 Å². The first-order chi connectivity index (χ1) is 17.1. The molecule has 1 heterocycles. The molecule has 36 heavy (non-hydrogen) atoms. The summed E-state index contributed by atoms with van der Waals surface area (Å²) in [5.41, 5.74) is 12.1. The van der Waals surface area contributed by atoms with Crippen LogP contribution in [0.25, 0.3) is 0 Å². The fraction of sp³-hybridized carbons (Fsp3) is 0.462. The van der Waals surface area contributed by atoms with Gasteiger partial charge in [0.15, 0.2) is 0 Å². The van der Waals surface area contributed by atoms with Crippen molar-refractivity contribution in [3.63, 3.8) is 0 Å². The van der Waals surface area contributed by atoms with Gasteiger partial charge in [0.05, 0.1) is 11.6 Å². The van der Waals surface area contributed by atoms with Crippen LogP contribution in [0.5, 0.6) is 0 Å². The molecule has 1 saturated heterocycles. The smallest absolute Gasteiger partial charge is 0.343 e. The Bertz CT molecular complexity index is 995. The maximum Gasteiger partial charge on any atom is 0.416 e. The van der Waals surface area contributed by atoms with Gasteiger partial charge in [-0.3, -0.25) is 9.59 Å². The van der Waals surface area contributed by atoms with Crippen molar-refractivity contribution in [2.75, 3.05) is 25.0 Å². The van der Waals surface area contributed by atoms with Crippen LogP contribution in [0.3, 0.4) is 0 Å². The third kappa shape index (κ3) is 8.61. The number of carbonyl (C=O) groups excluding carboxylic acids is 2. The molecule has 6 N–H and O–H groups in total. The lowest BCUT2D eigenvalue weighted by atomic mass is 10.0. The molecule has 2 unspecified atom stereocenters. The van der Waals surface area contributed by atoms with E-state index in [0.29, 0.717) is 19.4 Å². The van der Waals surface area contributed by atoms with E-state index in [1.54, 1.807) is 0 Å². The molecule has 0 bridgehead atoms. The summed E-state index contributed by atoms with van der Waals surface area (Å²) in [6.45, 7) is 2.36. The molecular formula is C26H34F3N5O2. The van der Waals surface area contributed by atoms with Crippen LogP contribution in [-0.4, -0.2) is 54.5 Å². The molecule has 0 aromatic heterocycles. The van der Waals surface area contributed by atoms with E-state index < -0.39 is 35.6 Å². The van der Waals surface area contributed by atoms with Gasteiger partial charge in [0.1, 0.15) is 6.04 Å². The Morgan fingerprint density at radius 1 is 1.00 bits per heavy atom. The van der Waals surface area contributed by atoms with E-state index in [9.17, 15) is 22.8 Å². The van der Waals surface area contributed by atoms with Crippen LogP contribution in [0.1, 0.15) is 36.8 Å². The van der Waals surface area contributed by atoms with E-state index in [1.807, 2.05) is 30.3 Å². The molecule has 196 valence electrons. The van der Waals surface area contributed by atoms with Gasteiger partial charge in [0.2, 0.25) is 11.8 Å². The highest BCUT2D eigenvalue weighted by atomic mass is 19.4. The van der Waals surface area contributed by atoms with Gasteiger partial charge in [-0.1, -0.05) is 36.4 Å². The van der Waals surface area contributed by atoms with Gasteiger partial charge < -0.3 is 27.0 Å². The van der Waals surface area contributed by atoms with Gasteiger partial charge in [0, 0.05) is 18.3 Å². The van der Waals surface area contributed by atoms with Crippen LogP contribution in [-0.2, 0) is 22.2 Å². The average molecular weight is 506 g/mol. The molecule has 1 aliphatic heterocycles. The number of nitrogens with one attached hydrogen (secondary N) is 2. The van der Waals surface area contributed by atoms with E-state index >= 15 is 0 Å². The van der Waals surface area contributed by atoms with Gasteiger partial charge in [-0.15, -0.1) is 0 Å². The fourth-order valence-electron chi connectivity index (χ4n) is 4.14. The van der Waals surface area contributed by atoms with E-state index in [0.717, 1.165) is 43.6 Å². The molecule has 0 aliphatic carbocycles. The Labute approximate surface area is 209 Å². The van der Waals surface area contributed by atoms with Crippen LogP contribution in [0.15, 0.2) is 54.6 Å². The van der Waals surface area contributed by atoms with E-state index in [2.05, 4.69) is 15.5 Å². The number of amides is 2. The first-order valence-electron chi connectivity index (χ1n) is 12.2. The number of halogens is 3. The van der Waals surface area contributed by atoms with E-state index in [4.69, 9.17) is 11.5 Å². The third-order valence-corrected chi connectivity index (χ3v) is 6.38. The van der Waals surface area contributed by atoms with Crippen molar-refractivity contribution in [1.82, 2.24) is 10.2 Å². The summed E-state index contributed by atoms with van der Waals surface area (Å²) >= 11 is 0. The normalized spacial score (nSPS) is 16.8. The first kappa shape index (κ1) is 27.6. The van der Waals surface area contributed by atoms with Crippen molar-refractivity contribution in [3.8, 4) is 0 Å². The number of carbonyl (C=O) groups is 2. The Kier molecular flexibility index (Phi) is 9.86. The molecule has 2 atom stereocenters. The quantitative estimate of drug-likeness (QED) is 0.397. The number of hydrogen-bond donors (Lipinski definition) is 4. The van der Waals surface area contributed by atoms with Crippen molar-refractivity contribution in [1.29, 1.82) is 0 Å². The lowest BCUT2D eigenvalue weighted by Crippen LogP contribution is -2.51. The number of nitrogens with two attached hydrogens (primary N) is 2. The Morgan fingerprint density at radius 2 is 1.69 bits per heavy atom. The summed E-state index contributed by atoms with van der Waals surface area (Å²) in [5, 5.41) is 5.22. The zero-order chi connectivity index (χ0) is 26.1. The molecule has 2 amide bonds. The Balaban J connectivity index is 1.63. The minimum atomic E-state index is -4.53. The molecule has 3 rings (SSSR count). The lowest BCUT2D eigenvalue weighted by Gasteiger charge is -2.30. The number of benzene rings is 2. The molecule has 7 nitrogen and oxygen atoms in total. The van der Waals surface area contributed by atoms with Crippen LogP contribution >= 0.6 is 0 Å². The minimum absolute atomic E-state index is 0.00129. The molecule has 1 aliphatic rings. The second-order valence-corrected chi connectivity index (χ2v) is 9.23. The summed E-state index contributed by atoms with van der Waals surface area (Å²) < 4.78 is 39.2. The number of hydrogen-bond acceptors (Lipinski definition) is 5. The van der Waals surface area contributed by atoms with Gasteiger partial charge in [-0.2, -0.15) is 13.2 Å². The van der Waals surface area contributed by atoms with Crippen molar-refractivity contribution >= 4 is 17.5 Å². The number of rotatable bonds is 10. The Hall–Kier alpha value is -2.95. The largest absolute Gasteiger partial charge is 0.416 e. The summed E-state index contributed by atoms with van der Waals surface area (Å²) in [4.78, 5) is 28.1. The SMILES string of the molecule is NC1CCN(CCC(N)C(=O)NC(CCc2ccccc2)C(=O)Nc2cccc(C(F)(F)F)c2)CC1. The maximum atomic E-state index is 13.1.